The molecule has 3 heterocycles. The van der Waals surface area contributed by atoms with Crippen LogP contribution in [0, 0.1) is 12.7 Å². The number of rotatable bonds is 7. The summed E-state index contributed by atoms with van der Waals surface area (Å²) >= 11 is 1.80. The monoisotopic (exact) mass is 461 g/mol. The molecule has 2 aliphatic heterocycles. The molecule has 174 valence electrons. The quantitative estimate of drug-likeness (QED) is 0.634. The lowest BCUT2D eigenvalue weighted by molar-refractivity contribution is -0.157. The van der Waals surface area contributed by atoms with Crippen molar-refractivity contribution in [1.29, 1.82) is 0 Å². The van der Waals surface area contributed by atoms with Gasteiger partial charge < -0.3 is 19.3 Å². The zero-order chi connectivity index (χ0) is 22.6. The molecule has 0 radical (unpaired) electrons. The van der Waals surface area contributed by atoms with Gasteiger partial charge in [-0.25, -0.2) is 4.39 Å². The van der Waals surface area contributed by atoms with Crippen molar-refractivity contribution in [3.63, 3.8) is 0 Å². The fourth-order valence-corrected chi connectivity index (χ4v) is 5.22. The Morgan fingerprint density at radius 1 is 1.12 bits per heavy atom. The lowest BCUT2D eigenvalue weighted by Gasteiger charge is -2.43. The minimum absolute atomic E-state index is 0.106. The highest BCUT2D eigenvalue weighted by Gasteiger charge is 2.41. The van der Waals surface area contributed by atoms with E-state index in [1.165, 1.54) is 21.9 Å². The van der Waals surface area contributed by atoms with E-state index in [4.69, 9.17) is 9.47 Å². The van der Waals surface area contributed by atoms with Gasteiger partial charge in [0.25, 0.3) is 0 Å². The van der Waals surface area contributed by atoms with Crippen LogP contribution in [0.25, 0.3) is 0 Å². The Morgan fingerprint density at radius 3 is 2.56 bits per heavy atom. The third kappa shape index (κ3) is 6.07. The standard InChI is InChI=1S/C24H32FN3O3S/c1-19-3-8-22(32-19)16-27-13-14-31-24(17-27,18-30-21-6-4-20(25)5-7-21)15-23(29)28-11-9-26(2)10-12-28/h3-8H,9-18H2,1-2H3/t24-/m1/s1. The average molecular weight is 462 g/mol. The molecule has 1 amide bonds. The molecule has 0 bridgehead atoms. The zero-order valence-electron chi connectivity index (χ0n) is 18.9. The van der Waals surface area contributed by atoms with Gasteiger partial charge in [-0.1, -0.05) is 0 Å². The number of hydrogen-bond acceptors (Lipinski definition) is 6. The number of amides is 1. The highest BCUT2D eigenvalue weighted by atomic mass is 32.1. The third-order valence-electron chi connectivity index (χ3n) is 6.15. The second-order valence-corrected chi connectivity index (χ2v) is 10.2. The van der Waals surface area contributed by atoms with E-state index in [9.17, 15) is 9.18 Å². The van der Waals surface area contributed by atoms with Crippen molar-refractivity contribution in [3.05, 3.63) is 52.0 Å². The molecule has 32 heavy (non-hydrogen) atoms. The summed E-state index contributed by atoms with van der Waals surface area (Å²) < 4.78 is 25.6. The summed E-state index contributed by atoms with van der Waals surface area (Å²) in [6, 6.07) is 10.3. The summed E-state index contributed by atoms with van der Waals surface area (Å²) in [5.74, 6) is 0.380. The highest BCUT2D eigenvalue weighted by Crippen LogP contribution is 2.28. The van der Waals surface area contributed by atoms with Crippen molar-refractivity contribution in [2.75, 3.05) is 59.5 Å². The minimum Gasteiger partial charge on any atom is -0.491 e. The fraction of sp³-hybridized carbons (Fsp3) is 0.542. The molecular weight excluding hydrogens is 429 g/mol. The van der Waals surface area contributed by atoms with E-state index in [0.717, 1.165) is 39.3 Å². The van der Waals surface area contributed by atoms with Crippen LogP contribution in [0.5, 0.6) is 5.75 Å². The number of benzene rings is 1. The Hall–Kier alpha value is -2.00. The molecule has 0 saturated carbocycles. The van der Waals surface area contributed by atoms with E-state index in [1.807, 2.05) is 4.90 Å². The molecule has 1 aromatic carbocycles. The van der Waals surface area contributed by atoms with Crippen LogP contribution in [0.15, 0.2) is 36.4 Å². The van der Waals surface area contributed by atoms with Crippen molar-refractivity contribution in [2.45, 2.75) is 25.5 Å². The van der Waals surface area contributed by atoms with Gasteiger partial charge in [-0.15, -0.1) is 11.3 Å². The highest BCUT2D eigenvalue weighted by molar-refractivity contribution is 7.11. The maximum absolute atomic E-state index is 13.3. The molecule has 0 unspecified atom stereocenters. The van der Waals surface area contributed by atoms with E-state index in [0.29, 0.717) is 18.9 Å². The molecule has 4 rings (SSSR count). The molecule has 2 saturated heterocycles. The fourth-order valence-electron chi connectivity index (χ4n) is 4.28. The van der Waals surface area contributed by atoms with Crippen LogP contribution < -0.4 is 4.74 Å². The molecule has 6 nitrogen and oxygen atoms in total. The first-order valence-electron chi connectivity index (χ1n) is 11.2. The summed E-state index contributed by atoms with van der Waals surface area (Å²) in [4.78, 5) is 22.3. The number of aryl methyl sites for hydroxylation is 1. The number of carbonyl (C=O) groups excluding carboxylic acids is 1. The number of nitrogens with zero attached hydrogens (tertiary/aromatic N) is 3. The van der Waals surface area contributed by atoms with Gasteiger partial charge in [0.2, 0.25) is 5.91 Å². The molecule has 0 spiro atoms. The lowest BCUT2D eigenvalue weighted by Crippen LogP contribution is -2.58. The van der Waals surface area contributed by atoms with Gasteiger partial charge in [-0.05, 0) is 50.4 Å². The smallest absolute Gasteiger partial charge is 0.225 e. The van der Waals surface area contributed by atoms with Crippen LogP contribution in [-0.4, -0.2) is 85.7 Å². The molecule has 0 aliphatic carbocycles. The van der Waals surface area contributed by atoms with Crippen LogP contribution in [0.1, 0.15) is 16.2 Å². The Kier molecular flexibility index (Phi) is 7.45. The van der Waals surface area contributed by atoms with E-state index in [-0.39, 0.29) is 24.8 Å². The van der Waals surface area contributed by atoms with Crippen molar-refractivity contribution in [2.24, 2.45) is 0 Å². The van der Waals surface area contributed by atoms with Gasteiger partial charge in [0, 0.05) is 55.6 Å². The van der Waals surface area contributed by atoms with Crippen molar-refractivity contribution in [1.82, 2.24) is 14.7 Å². The van der Waals surface area contributed by atoms with Crippen LogP contribution in [0.3, 0.4) is 0 Å². The summed E-state index contributed by atoms with van der Waals surface area (Å²) in [7, 11) is 2.08. The molecule has 2 aromatic rings. The first-order valence-corrected chi connectivity index (χ1v) is 12.0. The van der Waals surface area contributed by atoms with Crippen molar-refractivity contribution < 1.29 is 18.7 Å². The Morgan fingerprint density at radius 2 is 1.88 bits per heavy atom. The van der Waals surface area contributed by atoms with Gasteiger partial charge in [0.05, 0.1) is 13.0 Å². The van der Waals surface area contributed by atoms with E-state index in [2.05, 4.69) is 35.9 Å². The maximum atomic E-state index is 13.3. The number of ether oxygens (including phenoxy) is 2. The summed E-state index contributed by atoms with van der Waals surface area (Å²) in [5.41, 5.74) is -0.737. The molecule has 0 N–H and O–H groups in total. The van der Waals surface area contributed by atoms with Crippen LogP contribution >= 0.6 is 11.3 Å². The Labute approximate surface area is 193 Å². The first kappa shape index (κ1) is 23.2. The lowest BCUT2D eigenvalue weighted by atomic mass is 9.96. The third-order valence-corrected chi connectivity index (χ3v) is 7.13. The first-order chi connectivity index (χ1) is 15.4. The number of hydrogen-bond donors (Lipinski definition) is 0. The van der Waals surface area contributed by atoms with Gasteiger partial charge >= 0.3 is 0 Å². The normalized spacial score (nSPS) is 22.8. The summed E-state index contributed by atoms with van der Waals surface area (Å²) in [6.07, 6.45) is 0.276. The molecule has 8 heteroatoms. The number of thiophene rings is 1. The van der Waals surface area contributed by atoms with Crippen LogP contribution in [-0.2, 0) is 16.1 Å². The number of piperazine rings is 1. The second kappa shape index (κ2) is 10.3. The molecule has 1 aromatic heterocycles. The Bertz CT molecular complexity index is 898. The largest absolute Gasteiger partial charge is 0.491 e. The number of likely N-dealkylation sites (N-methyl/N-ethyl adjacent to an activating group) is 1. The second-order valence-electron chi connectivity index (χ2n) is 8.86. The predicted molar refractivity (Wildman–Crippen MR) is 124 cm³/mol. The van der Waals surface area contributed by atoms with Gasteiger partial charge in [-0.3, -0.25) is 9.69 Å². The summed E-state index contributed by atoms with van der Waals surface area (Å²) in [6.45, 7) is 8.43. The molecule has 1 atom stereocenters. The van der Waals surface area contributed by atoms with Gasteiger partial charge in [0.15, 0.2) is 0 Å². The molecular formula is C24H32FN3O3S. The predicted octanol–water partition coefficient (Wildman–Crippen LogP) is 3.01. The zero-order valence-corrected chi connectivity index (χ0v) is 19.7. The maximum Gasteiger partial charge on any atom is 0.225 e. The van der Waals surface area contributed by atoms with Gasteiger partial charge in [0.1, 0.15) is 23.8 Å². The molecule has 2 aliphatic rings. The Balaban J connectivity index is 1.47. The summed E-state index contributed by atoms with van der Waals surface area (Å²) in [5, 5.41) is 0. The van der Waals surface area contributed by atoms with Crippen molar-refractivity contribution >= 4 is 17.2 Å². The van der Waals surface area contributed by atoms with E-state index >= 15 is 0 Å². The topological polar surface area (TPSA) is 45.3 Å². The van der Waals surface area contributed by atoms with E-state index in [1.54, 1.807) is 23.5 Å². The number of halogens is 1. The number of morpholine rings is 1. The number of carbonyl (C=O) groups is 1. The van der Waals surface area contributed by atoms with Crippen molar-refractivity contribution in [3.8, 4) is 5.75 Å². The van der Waals surface area contributed by atoms with Gasteiger partial charge in [-0.2, -0.15) is 0 Å². The minimum atomic E-state index is -0.737. The molecule has 2 fully saturated rings. The van der Waals surface area contributed by atoms with E-state index < -0.39 is 5.60 Å². The average Bonchev–Trinajstić information content (AvgIpc) is 3.18. The van der Waals surface area contributed by atoms with Crippen LogP contribution in [0.2, 0.25) is 0 Å². The SMILES string of the molecule is Cc1ccc(CN2CCO[C@](COc3ccc(F)cc3)(CC(=O)N3CCN(C)CC3)C2)s1. The van der Waals surface area contributed by atoms with Crippen LogP contribution in [0.4, 0.5) is 4.39 Å².